The summed E-state index contributed by atoms with van der Waals surface area (Å²) in [6.45, 7) is 2.26. The normalized spacial score (nSPS) is 10.1. The summed E-state index contributed by atoms with van der Waals surface area (Å²) in [4.78, 5) is 0. The molecular formula is C13H16ClNO3. The molecule has 0 bridgehead atoms. The monoisotopic (exact) mass is 269 g/mol. The fourth-order valence-corrected chi connectivity index (χ4v) is 1.46. The molecule has 4 nitrogen and oxygen atoms in total. The summed E-state index contributed by atoms with van der Waals surface area (Å²) < 4.78 is 15.6. The topological polar surface area (TPSA) is 51.5 Å². The molecule has 0 aliphatic carbocycles. The number of ether oxygens (including phenoxy) is 3. The van der Waals surface area contributed by atoms with E-state index in [1.165, 1.54) is 0 Å². The molecule has 0 saturated carbocycles. The third-order valence-electron chi connectivity index (χ3n) is 2.19. The minimum atomic E-state index is 0.486. The fourth-order valence-electron chi connectivity index (χ4n) is 1.30. The maximum absolute atomic E-state index is 8.90. The van der Waals surface area contributed by atoms with E-state index in [0.717, 1.165) is 6.42 Å². The minimum absolute atomic E-state index is 0.486. The van der Waals surface area contributed by atoms with E-state index in [0.29, 0.717) is 42.8 Å². The first-order valence-electron chi connectivity index (χ1n) is 5.67. The summed E-state index contributed by atoms with van der Waals surface area (Å²) in [7, 11) is 1.63. The molecule has 0 amide bonds. The van der Waals surface area contributed by atoms with Gasteiger partial charge in [0.05, 0.1) is 25.4 Å². The standard InChI is InChI=1S/C13H16ClNO3/c1-16-7-8-17-5-2-6-18-13-9-12(14)4-3-11(13)10-15/h3-4,9H,2,5-8H2,1H3. The number of benzene rings is 1. The number of hydrogen-bond donors (Lipinski definition) is 0. The Morgan fingerprint density at radius 2 is 2.06 bits per heavy atom. The molecule has 0 aliphatic rings. The van der Waals surface area contributed by atoms with Gasteiger partial charge in [-0.2, -0.15) is 5.26 Å². The maximum Gasteiger partial charge on any atom is 0.138 e. The number of nitrogens with zero attached hydrogens (tertiary/aromatic N) is 1. The van der Waals surface area contributed by atoms with Crippen molar-refractivity contribution in [3.8, 4) is 11.8 Å². The number of hydrogen-bond acceptors (Lipinski definition) is 4. The van der Waals surface area contributed by atoms with Crippen molar-refractivity contribution < 1.29 is 14.2 Å². The van der Waals surface area contributed by atoms with Gasteiger partial charge in [0.1, 0.15) is 11.8 Å². The van der Waals surface area contributed by atoms with Crippen molar-refractivity contribution in [3.63, 3.8) is 0 Å². The van der Waals surface area contributed by atoms with Crippen LogP contribution in [0.2, 0.25) is 5.02 Å². The highest BCUT2D eigenvalue weighted by atomic mass is 35.5. The smallest absolute Gasteiger partial charge is 0.138 e. The van der Waals surface area contributed by atoms with Crippen LogP contribution in [0.15, 0.2) is 18.2 Å². The molecule has 0 spiro atoms. The quantitative estimate of drug-likeness (QED) is 0.681. The van der Waals surface area contributed by atoms with E-state index >= 15 is 0 Å². The zero-order chi connectivity index (χ0) is 13.2. The largest absolute Gasteiger partial charge is 0.492 e. The van der Waals surface area contributed by atoms with Crippen LogP contribution >= 0.6 is 11.6 Å². The lowest BCUT2D eigenvalue weighted by Crippen LogP contribution is -2.07. The Labute approximate surface area is 112 Å². The maximum atomic E-state index is 8.90. The van der Waals surface area contributed by atoms with Crippen molar-refractivity contribution in [2.24, 2.45) is 0 Å². The van der Waals surface area contributed by atoms with Crippen LogP contribution in [0.1, 0.15) is 12.0 Å². The highest BCUT2D eigenvalue weighted by Crippen LogP contribution is 2.22. The molecule has 18 heavy (non-hydrogen) atoms. The Balaban J connectivity index is 2.27. The highest BCUT2D eigenvalue weighted by molar-refractivity contribution is 6.30. The van der Waals surface area contributed by atoms with Crippen LogP contribution in [0.25, 0.3) is 0 Å². The van der Waals surface area contributed by atoms with Crippen LogP contribution in [-0.2, 0) is 9.47 Å². The number of nitriles is 1. The summed E-state index contributed by atoms with van der Waals surface area (Å²) in [6.07, 6.45) is 0.751. The Bertz CT molecular complexity index is 404. The molecule has 0 atom stereocenters. The Morgan fingerprint density at radius 3 is 2.78 bits per heavy atom. The first-order valence-corrected chi connectivity index (χ1v) is 6.05. The minimum Gasteiger partial charge on any atom is -0.492 e. The first-order chi connectivity index (χ1) is 8.77. The molecule has 98 valence electrons. The van der Waals surface area contributed by atoms with Gasteiger partial charge in [-0.05, 0) is 12.1 Å². The molecule has 0 aromatic heterocycles. The SMILES string of the molecule is COCCOCCCOc1cc(Cl)ccc1C#N. The second kappa shape index (κ2) is 8.76. The van der Waals surface area contributed by atoms with E-state index in [1.807, 2.05) is 0 Å². The van der Waals surface area contributed by atoms with Gasteiger partial charge in [0.2, 0.25) is 0 Å². The van der Waals surface area contributed by atoms with Crippen molar-refractivity contribution >= 4 is 11.6 Å². The Hall–Kier alpha value is -1.28. The average molecular weight is 270 g/mol. The number of halogens is 1. The second-order valence-corrected chi connectivity index (χ2v) is 4.00. The number of methoxy groups -OCH3 is 1. The zero-order valence-electron chi connectivity index (χ0n) is 10.3. The summed E-state index contributed by atoms with van der Waals surface area (Å²) in [5.74, 6) is 0.516. The lowest BCUT2D eigenvalue weighted by atomic mass is 10.2. The van der Waals surface area contributed by atoms with Gasteiger partial charge in [0.25, 0.3) is 0 Å². The molecule has 0 heterocycles. The molecule has 0 radical (unpaired) electrons. The van der Waals surface area contributed by atoms with Crippen LogP contribution in [0.5, 0.6) is 5.75 Å². The predicted octanol–water partition coefficient (Wildman–Crippen LogP) is 2.64. The molecule has 5 heteroatoms. The van der Waals surface area contributed by atoms with Gasteiger partial charge in [-0.1, -0.05) is 11.6 Å². The third kappa shape index (κ3) is 5.37. The van der Waals surface area contributed by atoms with Crippen molar-refractivity contribution in [2.75, 3.05) is 33.5 Å². The van der Waals surface area contributed by atoms with Gasteiger partial charge < -0.3 is 14.2 Å². The summed E-state index contributed by atoms with van der Waals surface area (Å²) in [5.41, 5.74) is 0.486. The second-order valence-electron chi connectivity index (χ2n) is 3.56. The molecule has 0 N–H and O–H groups in total. The molecule has 0 fully saturated rings. The number of rotatable bonds is 8. The van der Waals surface area contributed by atoms with Crippen molar-refractivity contribution in [1.82, 2.24) is 0 Å². The zero-order valence-corrected chi connectivity index (χ0v) is 11.1. The summed E-state index contributed by atoms with van der Waals surface area (Å²) in [6, 6.07) is 7.02. The van der Waals surface area contributed by atoms with Gasteiger partial charge in [0, 0.05) is 31.2 Å². The van der Waals surface area contributed by atoms with Gasteiger partial charge in [0.15, 0.2) is 0 Å². The summed E-state index contributed by atoms with van der Waals surface area (Å²) in [5, 5.41) is 9.45. The van der Waals surface area contributed by atoms with Crippen LogP contribution in [0, 0.1) is 11.3 Å². The van der Waals surface area contributed by atoms with Crippen LogP contribution in [-0.4, -0.2) is 33.5 Å². The molecule has 0 unspecified atom stereocenters. The fraction of sp³-hybridized carbons (Fsp3) is 0.462. The third-order valence-corrected chi connectivity index (χ3v) is 2.42. The predicted molar refractivity (Wildman–Crippen MR) is 69.0 cm³/mol. The highest BCUT2D eigenvalue weighted by Gasteiger charge is 2.03. The van der Waals surface area contributed by atoms with E-state index in [-0.39, 0.29) is 0 Å². The van der Waals surface area contributed by atoms with Crippen LogP contribution in [0.3, 0.4) is 0 Å². The molecule has 1 aromatic carbocycles. The van der Waals surface area contributed by atoms with E-state index in [2.05, 4.69) is 6.07 Å². The van der Waals surface area contributed by atoms with Gasteiger partial charge >= 0.3 is 0 Å². The van der Waals surface area contributed by atoms with Gasteiger partial charge in [-0.3, -0.25) is 0 Å². The van der Waals surface area contributed by atoms with Crippen LogP contribution < -0.4 is 4.74 Å². The van der Waals surface area contributed by atoms with E-state index in [1.54, 1.807) is 25.3 Å². The molecule has 1 rings (SSSR count). The Morgan fingerprint density at radius 1 is 1.22 bits per heavy atom. The summed E-state index contributed by atoms with van der Waals surface area (Å²) >= 11 is 5.84. The van der Waals surface area contributed by atoms with Crippen molar-refractivity contribution in [3.05, 3.63) is 28.8 Å². The lowest BCUT2D eigenvalue weighted by molar-refractivity contribution is 0.0644. The van der Waals surface area contributed by atoms with Gasteiger partial charge in [-0.15, -0.1) is 0 Å². The lowest BCUT2D eigenvalue weighted by Gasteiger charge is -2.08. The van der Waals surface area contributed by atoms with Crippen LogP contribution in [0.4, 0.5) is 0 Å². The molecule has 1 aromatic rings. The molecule has 0 aliphatic heterocycles. The average Bonchev–Trinajstić information content (AvgIpc) is 2.38. The Kier molecular flexibility index (Phi) is 7.19. The van der Waals surface area contributed by atoms with E-state index < -0.39 is 0 Å². The van der Waals surface area contributed by atoms with Gasteiger partial charge in [-0.25, -0.2) is 0 Å². The first kappa shape index (κ1) is 14.8. The molecular weight excluding hydrogens is 254 g/mol. The van der Waals surface area contributed by atoms with E-state index in [4.69, 9.17) is 31.1 Å². The molecule has 0 saturated heterocycles. The van der Waals surface area contributed by atoms with E-state index in [9.17, 15) is 0 Å². The van der Waals surface area contributed by atoms with Crippen molar-refractivity contribution in [2.45, 2.75) is 6.42 Å². The van der Waals surface area contributed by atoms with Crippen molar-refractivity contribution in [1.29, 1.82) is 5.26 Å².